The predicted octanol–water partition coefficient (Wildman–Crippen LogP) is 1.23. The summed E-state index contributed by atoms with van der Waals surface area (Å²) in [6.45, 7) is 1.91. The molecule has 1 saturated heterocycles. The third kappa shape index (κ3) is 5.05. The van der Waals surface area contributed by atoms with Crippen molar-refractivity contribution < 1.29 is 24.3 Å². The molecule has 0 aromatic heterocycles. The van der Waals surface area contributed by atoms with Gasteiger partial charge in [-0.3, -0.25) is 19.2 Å². The first-order valence-electron chi connectivity index (χ1n) is 8.62. The van der Waals surface area contributed by atoms with Crippen LogP contribution in [0.15, 0.2) is 24.3 Å². The number of amides is 3. The van der Waals surface area contributed by atoms with Gasteiger partial charge >= 0.3 is 5.97 Å². The first-order valence-corrected chi connectivity index (χ1v) is 8.62. The lowest BCUT2D eigenvalue weighted by atomic mass is 10.0. The van der Waals surface area contributed by atoms with E-state index in [-0.39, 0.29) is 11.8 Å². The van der Waals surface area contributed by atoms with Gasteiger partial charge in [-0.15, -0.1) is 0 Å². The molecule has 140 valence electrons. The van der Waals surface area contributed by atoms with Crippen LogP contribution in [0.3, 0.4) is 0 Å². The van der Waals surface area contributed by atoms with Crippen LogP contribution >= 0.6 is 0 Å². The molecule has 8 heteroatoms. The number of benzene rings is 1. The van der Waals surface area contributed by atoms with Crippen LogP contribution in [0.4, 0.5) is 5.69 Å². The molecule has 1 heterocycles. The van der Waals surface area contributed by atoms with Crippen LogP contribution in [0.5, 0.6) is 0 Å². The van der Waals surface area contributed by atoms with Crippen LogP contribution in [0.1, 0.15) is 43.0 Å². The predicted molar refractivity (Wildman–Crippen MR) is 94.7 cm³/mol. The van der Waals surface area contributed by atoms with Crippen LogP contribution < -0.4 is 10.6 Å². The number of likely N-dealkylation sites (tertiary alicyclic amines) is 1. The summed E-state index contributed by atoms with van der Waals surface area (Å²) in [7, 11) is 0. The highest BCUT2D eigenvalue weighted by Gasteiger charge is 2.31. The number of anilines is 1. The Labute approximate surface area is 151 Å². The second-order valence-corrected chi connectivity index (χ2v) is 6.10. The summed E-state index contributed by atoms with van der Waals surface area (Å²) in [5, 5.41) is 13.6. The molecule has 1 aromatic carbocycles. The lowest BCUT2D eigenvalue weighted by molar-refractivity contribution is -0.140. The van der Waals surface area contributed by atoms with Crippen molar-refractivity contribution >= 4 is 29.4 Å². The zero-order valence-electron chi connectivity index (χ0n) is 14.7. The number of nitrogens with one attached hydrogen (secondary N) is 2. The molecular weight excluding hydrogens is 338 g/mol. The van der Waals surface area contributed by atoms with Crippen molar-refractivity contribution in [2.24, 2.45) is 0 Å². The van der Waals surface area contributed by atoms with E-state index in [0.29, 0.717) is 30.6 Å². The molecule has 1 aromatic rings. The molecule has 0 radical (unpaired) electrons. The molecule has 1 aliphatic rings. The molecule has 1 fully saturated rings. The number of rotatable bonds is 6. The average molecular weight is 361 g/mol. The van der Waals surface area contributed by atoms with Gasteiger partial charge < -0.3 is 20.6 Å². The van der Waals surface area contributed by atoms with Gasteiger partial charge in [0.05, 0.1) is 0 Å². The van der Waals surface area contributed by atoms with Gasteiger partial charge in [-0.25, -0.2) is 0 Å². The fraction of sp³-hybridized carbons (Fsp3) is 0.444. The normalized spacial score (nSPS) is 16.7. The third-order valence-corrected chi connectivity index (χ3v) is 4.24. The van der Waals surface area contributed by atoms with Crippen LogP contribution in [0.2, 0.25) is 0 Å². The van der Waals surface area contributed by atoms with Gasteiger partial charge in [-0.1, -0.05) is 6.92 Å². The smallest absolute Gasteiger partial charge is 0.322 e. The molecular formula is C18H23N3O5. The van der Waals surface area contributed by atoms with E-state index in [1.807, 2.05) is 0 Å². The fourth-order valence-electron chi connectivity index (χ4n) is 2.89. The van der Waals surface area contributed by atoms with E-state index >= 15 is 0 Å². The van der Waals surface area contributed by atoms with Gasteiger partial charge in [-0.05, 0) is 43.5 Å². The molecule has 1 aliphatic heterocycles. The Morgan fingerprint density at radius 1 is 1.15 bits per heavy atom. The average Bonchev–Trinajstić information content (AvgIpc) is 2.66. The van der Waals surface area contributed by atoms with E-state index < -0.39 is 24.5 Å². The number of carbonyl (C=O) groups is 4. The molecule has 8 nitrogen and oxygen atoms in total. The van der Waals surface area contributed by atoms with E-state index in [0.717, 1.165) is 12.8 Å². The minimum Gasteiger partial charge on any atom is -0.480 e. The highest BCUT2D eigenvalue weighted by molar-refractivity contribution is 5.99. The maximum absolute atomic E-state index is 12.5. The van der Waals surface area contributed by atoms with Crippen LogP contribution in [0.25, 0.3) is 0 Å². The van der Waals surface area contributed by atoms with Crippen molar-refractivity contribution in [3.63, 3.8) is 0 Å². The van der Waals surface area contributed by atoms with Crippen molar-refractivity contribution in [1.82, 2.24) is 10.2 Å². The Balaban J connectivity index is 1.99. The fourth-order valence-corrected chi connectivity index (χ4v) is 2.89. The second-order valence-electron chi connectivity index (χ2n) is 6.10. The Hall–Kier alpha value is -2.90. The second kappa shape index (κ2) is 8.98. The molecule has 0 saturated carbocycles. The molecule has 3 amide bonds. The molecule has 1 unspecified atom stereocenters. The van der Waals surface area contributed by atoms with Gasteiger partial charge in [-0.2, -0.15) is 0 Å². The Kier molecular flexibility index (Phi) is 6.71. The van der Waals surface area contributed by atoms with Crippen molar-refractivity contribution in [2.45, 2.75) is 38.6 Å². The van der Waals surface area contributed by atoms with E-state index in [1.54, 1.807) is 24.0 Å². The number of piperidine rings is 1. The zero-order valence-corrected chi connectivity index (χ0v) is 14.7. The quantitative estimate of drug-likeness (QED) is 0.705. The summed E-state index contributed by atoms with van der Waals surface area (Å²) in [6.07, 6.45) is 2.79. The van der Waals surface area contributed by atoms with Crippen molar-refractivity contribution in [2.75, 3.05) is 18.4 Å². The summed E-state index contributed by atoms with van der Waals surface area (Å²) < 4.78 is 0. The minimum atomic E-state index is -1.12. The van der Waals surface area contributed by atoms with Gasteiger partial charge in [0, 0.05) is 24.2 Å². The van der Waals surface area contributed by atoms with Crippen LogP contribution in [0, 0.1) is 0 Å². The van der Waals surface area contributed by atoms with Gasteiger partial charge in [0.1, 0.15) is 12.6 Å². The van der Waals surface area contributed by atoms with Gasteiger partial charge in [0.2, 0.25) is 11.8 Å². The summed E-state index contributed by atoms with van der Waals surface area (Å²) in [4.78, 5) is 48.4. The molecule has 0 aliphatic carbocycles. The summed E-state index contributed by atoms with van der Waals surface area (Å²) in [6, 6.07) is 5.67. The highest BCUT2D eigenvalue weighted by Crippen LogP contribution is 2.20. The SMILES string of the molecule is CCC(=O)N1CCCCC1C(=O)Nc1ccc(C(=O)NCC(=O)O)cc1. The lowest BCUT2D eigenvalue weighted by Gasteiger charge is -2.34. The van der Waals surface area contributed by atoms with Crippen molar-refractivity contribution in [1.29, 1.82) is 0 Å². The number of carboxylic acids is 1. The number of aliphatic carboxylic acids is 1. The first-order chi connectivity index (χ1) is 12.4. The maximum atomic E-state index is 12.5. The molecule has 1 atom stereocenters. The lowest BCUT2D eigenvalue weighted by Crippen LogP contribution is -2.49. The van der Waals surface area contributed by atoms with Gasteiger partial charge in [0.25, 0.3) is 5.91 Å². The Bertz CT molecular complexity index is 687. The van der Waals surface area contributed by atoms with E-state index in [2.05, 4.69) is 10.6 Å². The standard InChI is InChI=1S/C18H23N3O5/c1-2-15(22)21-10-4-3-5-14(21)18(26)20-13-8-6-12(7-9-13)17(25)19-11-16(23)24/h6-9,14H,2-5,10-11H2,1H3,(H,19,25)(H,20,26)(H,23,24). The van der Waals surface area contributed by atoms with Crippen molar-refractivity contribution in [3.8, 4) is 0 Å². The summed E-state index contributed by atoms with van der Waals surface area (Å²) >= 11 is 0. The van der Waals surface area contributed by atoms with E-state index in [1.165, 1.54) is 12.1 Å². The first kappa shape index (κ1) is 19.4. The summed E-state index contributed by atoms with van der Waals surface area (Å²) in [5.74, 6) is -1.90. The van der Waals surface area contributed by atoms with Gasteiger partial charge in [0.15, 0.2) is 0 Å². The maximum Gasteiger partial charge on any atom is 0.322 e. The minimum absolute atomic E-state index is 0.0321. The van der Waals surface area contributed by atoms with Crippen LogP contribution in [-0.2, 0) is 14.4 Å². The molecule has 0 spiro atoms. The zero-order chi connectivity index (χ0) is 19.1. The third-order valence-electron chi connectivity index (χ3n) is 4.24. The van der Waals surface area contributed by atoms with Crippen LogP contribution in [-0.4, -0.2) is 52.8 Å². The van der Waals surface area contributed by atoms with E-state index in [9.17, 15) is 19.2 Å². The largest absolute Gasteiger partial charge is 0.480 e. The molecule has 0 bridgehead atoms. The summed E-state index contributed by atoms with van der Waals surface area (Å²) in [5.41, 5.74) is 0.809. The molecule has 2 rings (SSSR count). The topological polar surface area (TPSA) is 116 Å². The Morgan fingerprint density at radius 2 is 1.85 bits per heavy atom. The molecule has 3 N–H and O–H groups in total. The number of hydrogen-bond acceptors (Lipinski definition) is 4. The highest BCUT2D eigenvalue weighted by atomic mass is 16.4. The number of carboxylic acid groups (broad SMARTS) is 1. The van der Waals surface area contributed by atoms with Crippen molar-refractivity contribution in [3.05, 3.63) is 29.8 Å². The number of nitrogens with zero attached hydrogens (tertiary/aromatic N) is 1. The number of carbonyl (C=O) groups excluding carboxylic acids is 3. The Morgan fingerprint density at radius 3 is 2.46 bits per heavy atom. The monoisotopic (exact) mass is 361 g/mol. The van der Waals surface area contributed by atoms with E-state index in [4.69, 9.17) is 5.11 Å². The number of hydrogen-bond donors (Lipinski definition) is 3. The molecule has 26 heavy (non-hydrogen) atoms.